The second-order valence-electron chi connectivity index (χ2n) is 5.19. The fraction of sp³-hybridized carbons (Fsp3) is 0.133. The molecule has 0 aromatic heterocycles. The van der Waals surface area contributed by atoms with Crippen molar-refractivity contribution in [3.8, 4) is 0 Å². The second-order valence-corrected chi connectivity index (χ2v) is 6.84. The molecule has 0 aliphatic heterocycles. The molecule has 0 heterocycles. The Morgan fingerprint density at radius 1 is 1.12 bits per heavy atom. The van der Waals surface area contributed by atoms with Crippen LogP contribution in [-0.4, -0.2) is 20.9 Å². The van der Waals surface area contributed by atoms with Crippen LogP contribution in [-0.2, 0) is 16.8 Å². The zero-order valence-corrected chi connectivity index (χ0v) is 14.0. The Hall–Kier alpha value is -2.52. The molecule has 5 N–H and O–H groups in total. The van der Waals surface area contributed by atoms with Crippen LogP contribution in [0.3, 0.4) is 0 Å². The highest BCUT2D eigenvalue weighted by Crippen LogP contribution is 2.60. The van der Waals surface area contributed by atoms with Gasteiger partial charge < -0.3 is 20.6 Å². The van der Waals surface area contributed by atoms with E-state index in [-0.39, 0.29) is 12.2 Å². The predicted octanol–water partition coefficient (Wildman–Crippen LogP) is 3.49. The number of aromatic carboxylic acids is 1. The van der Waals surface area contributed by atoms with Crippen molar-refractivity contribution in [2.45, 2.75) is 12.2 Å². The number of hydrogen-bond donors (Lipinski definition) is 4. The maximum absolute atomic E-state index is 13.9. The van der Waals surface area contributed by atoms with Crippen LogP contribution in [0.1, 0.15) is 21.5 Å². The maximum Gasteiger partial charge on any atom is 0.399 e. The Morgan fingerprint density at radius 3 is 2.27 bits per heavy atom. The van der Waals surface area contributed by atoms with E-state index in [2.05, 4.69) is 10.2 Å². The SMILES string of the molecule is NCc1cccc(N=Nc2ccc(C(F)(F)P(=O)(O)O)c(C(=O)O)c2)c1. The van der Waals surface area contributed by atoms with E-state index in [9.17, 15) is 18.1 Å². The minimum absolute atomic E-state index is 0.0780. The number of halogens is 2. The first-order valence-electron chi connectivity index (χ1n) is 7.08. The maximum atomic E-state index is 13.9. The summed E-state index contributed by atoms with van der Waals surface area (Å²) in [6.07, 6.45) is 0. The van der Waals surface area contributed by atoms with Crippen LogP contribution in [0, 0.1) is 0 Å². The summed E-state index contributed by atoms with van der Waals surface area (Å²) in [5, 5.41) is 16.7. The fourth-order valence-electron chi connectivity index (χ4n) is 2.05. The van der Waals surface area contributed by atoms with Crippen LogP contribution in [0.4, 0.5) is 20.2 Å². The van der Waals surface area contributed by atoms with E-state index < -0.39 is 30.4 Å². The number of benzene rings is 2. The molecule has 138 valence electrons. The van der Waals surface area contributed by atoms with Gasteiger partial charge in [0.1, 0.15) is 0 Å². The number of carboxylic acids is 1. The van der Waals surface area contributed by atoms with Crippen molar-refractivity contribution in [3.05, 3.63) is 59.2 Å². The third-order valence-corrected chi connectivity index (χ3v) is 4.32. The Kier molecular flexibility index (Phi) is 5.62. The van der Waals surface area contributed by atoms with Crippen LogP contribution in [0.25, 0.3) is 0 Å². The van der Waals surface area contributed by atoms with Crippen LogP contribution in [0.2, 0.25) is 0 Å². The highest BCUT2D eigenvalue weighted by atomic mass is 31.2. The Morgan fingerprint density at radius 2 is 1.73 bits per heavy atom. The van der Waals surface area contributed by atoms with Gasteiger partial charge in [-0.15, -0.1) is 0 Å². The Labute approximate surface area is 146 Å². The summed E-state index contributed by atoms with van der Waals surface area (Å²) in [5.74, 6) is -1.78. The molecule has 0 radical (unpaired) electrons. The highest BCUT2D eigenvalue weighted by Gasteiger charge is 2.52. The lowest BCUT2D eigenvalue weighted by Crippen LogP contribution is -2.18. The lowest BCUT2D eigenvalue weighted by molar-refractivity contribution is 0.0515. The van der Waals surface area contributed by atoms with Crippen molar-refractivity contribution in [1.29, 1.82) is 0 Å². The summed E-state index contributed by atoms with van der Waals surface area (Å²) < 4.78 is 38.7. The number of nitrogens with two attached hydrogens (primary N) is 1. The molecule has 2 aromatic carbocycles. The summed E-state index contributed by atoms with van der Waals surface area (Å²) in [7, 11) is -5.91. The zero-order valence-electron chi connectivity index (χ0n) is 13.1. The van der Waals surface area contributed by atoms with Gasteiger partial charge in [-0.2, -0.15) is 19.0 Å². The van der Waals surface area contributed by atoms with Gasteiger partial charge in [-0.1, -0.05) is 12.1 Å². The molecule has 0 spiro atoms. The van der Waals surface area contributed by atoms with E-state index in [1.807, 2.05) is 0 Å². The molecule has 0 bridgehead atoms. The standard InChI is InChI=1S/C15H14F2N3O5P/c16-15(17,26(23,24)25)13-5-4-11(7-12(13)14(21)22)20-19-10-3-1-2-9(6-10)8-18/h1-7H,8,18H2,(H,21,22)(H2,23,24,25). The third-order valence-electron chi connectivity index (χ3n) is 3.35. The quantitative estimate of drug-likeness (QED) is 0.442. The first kappa shape index (κ1) is 19.8. The van der Waals surface area contributed by atoms with Gasteiger partial charge in [0.15, 0.2) is 0 Å². The molecule has 0 saturated carbocycles. The summed E-state index contributed by atoms with van der Waals surface area (Å²) in [5.41, 5.74) is -0.317. The predicted molar refractivity (Wildman–Crippen MR) is 87.8 cm³/mol. The number of azo groups is 1. The van der Waals surface area contributed by atoms with Gasteiger partial charge in [0, 0.05) is 12.1 Å². The molecule has 0 aliphatic carbocycles. The first-order valence-corrected chi connectivity index (χ1v) is 8.69. The largest absolute Gasteiger partial charge is 0.478 e. The lowest BCUT2D eigenvalue weighted by Gasteiger charge is -2.19. The smallest absolute Gasteiger partial charge is 0.399 e. The molecule has 0 amide bonds. The fourth-order valence-corrected chi connectivity index (χ4v) is 2.56. The minimum Gasteiger partial charge on any atom is -0.478 e. The van der Waals surface area contributed by atoms with E-state index in [0.717, 1.165) is 17.7 Å². The van der Waals surface area contributed by atoms with Crippen LogP contribution < -0.4 is 5.73 Å². The van der Waals surface area contributed by atoms with Gasteiger partial charge in [0.05, 0.1) is 16.9 Å². The Balaban J connectivity index is 2.44. The van der Waals surface area contributed by atoms with Gasteiger partial charge >= 0.3 is 19.2 Å². The topological polar surface area (TPSA) is 146 Å². The number of carbonyl (C=O) groups is 1. The molecular formula is C15H14F2N3O5P. The molecule has 26 heavy (non-hydrogen) atoms. The number of alkyl halides is 2. The summed E-state index contributed by atoms with van der Waals surface area (Å²) in [4.78, 5) is 28.8. The zero-order chi connectivity index (χ0) is 19.5. The van der Waals surface area contributed by atoms with Crippen LogP contribution in [0.15, 0.2) is 52.7 Å². The van der Waals surface area contributed by atoms with E-state index in [1.165, 1.54) is 0 Å². The van der Waals surface area contributed by atoms with Gasteiger partial charge in [0.2, 0.25) is 0 Å². The van der Waals surface area contributed by atoms with Gasteiger partial charge in [-0.25, -0.2) is 4.79 Å². The molecular weight excluding hydrogens is 371 g/mol. The first-order chi connectivity index (χ1) is 12.1. The Bertz CT molecular complexity index is 914. The number of carboxylic acid groups (broad SMARTS) is 1. The average Bonchev–Trinajstić information content (AvgIpc) is 2.58. The van der Waals surface area contributed by atoms with Gasteiger partial charge in [-0.05, 0) is 35.9 Å². The molecule has 0 unspecified atom stereocenters. The normalized spacial score (nSPS) is 12.5. The lowest BCUT2D eigenvalue weighted by atomic mass is 10.1. The molecule has 0 saturated heterocycles. The second kappa shape index (κ2) is 7.38. The summed E-state index contributed by atoms with van der Waals surface area (Å²) >= 11 is 0. The highest BCUT2D eigenvalue weighted by molar-refractivity contribution is 7.52. The van der Waals surface area contributed by atoms with Crippen molar-refractivity contribution in [2.75, 3.05) is 0 Å². The van der Waals surface area contributed by atoms with Crippen molar-refractivity contribution < 1.29 is 33.0 Å². The monoisotopic (exact) mass is 385 g/mol. The molecule has 2 rings (SSSR count). The molecule has 8 nitrogen and oxygen atoms in total. The third kappa shape index (κ3) is 4.17. The van der Waals surface area contributed by atoms with Crippen molar-refractivity contribution in [1.82, 2.24) is 0 Å². The minimum atomic E-state index is -5.91. The van der Waals surface area contributed by atoms with Crippen molar-refractivity contribution in [2.24, 2.45) is 16.0 Å². The molecule has 0 atom stereocenters. The number of nitrogens with zero attached hydrogens (tertiary/aromatic N) is 2. The van der Waals surface area contributed by atoms with Gasteiger partial charge in [-0.3, -0.25) is 4.57 Å². The van der Waals surface area contributed by atoms with Crippen LogP contribution in [0.5, 0.6) is 0 Å². The van der Waals surface area contributed by atoms with Gasteiger partial charge in [0.25, 0.3) is 0 Å². The summed E-state index contributed by atoms with van der Waals surface area (Å²) in [6.45, 7) is 0.276. The molecule has 0 fully saturated rings. The molecule has 0 aliphatic rings. The number of rotatable bonds is 6. The van der Waals surface area contributed by atoms with E-state index in [4.69, 9.17) is 20.6 Å². The van der Waals surface area contributed by atoms with Crippen LogP contribution >= 0.6 is 7.60 Å². The summed E-state index contributed by atoms with van der Waals surface area (Å²) in [6, 6.07) is 9.05. The molecule has 11 heteroatoms. The van der Waals surface area contributed by atoms with E-state index in [0.29, 0.717) is 11.8 Å². The van der Waals surface area contributed by atoms with Crippen molar-refractivity contribution >= 4 is 24.9 Å². The average molecular weight is 385 g/mol. The molecule has 2 aromatic rings. The number of hydrogen-bond acceptors (Lipinski definition) is 5. The van der Waals surface area contributed by atoms with Crippen molar-refractivity contribution in [3.63, 3.8) is 0 Å². The van der Waals surface area contributed by atoms with E-state index in [1.54, 1.807) is 24.3 Å². The van der Waals surface area contributed by atoms with E-state index >= 15 is 0 Å².